The van der Waals surface area contributed by atoms with E-state index < -0.39 is 17.1 Å². The summed E-state index contributed by atoms with van der Waals surface area (Å²) in [5, 5.41) is 9.34. The zero-order valence-corrected chi connectivity index (χ0v) is 12.9. The van der Waals surface area contributed by atoms with E-state index in [0.717, 1.165) is 12.1 Å². The van der Waals surface area contributed by atoms with Gasteiger partial charge in [-0.15, -0.1) is 0 Å². The van der Waals surface area contributed by atoms with Gasteiger partial charge in [-0.3, -0.25) is 0 Å². The summed E-state index contributed by atoms with van der Waals surface area (Å²) in [6.45, 7) is 2.06. The Hall–Kier alpha value is 0.234. The van der Waals surface area contributed by atoms with Gasteiger partial charge in [0.15, 0.2) is 0 Å². The molecular weight excluding hydrogens is 244 g/mol. The summed E-state index contributed by atoms with van der Waals surface area (Å²) in [4.78, 5) is 0. The van der Waals surface area contributed by atoms with Gasteiger partial charge in [-0.25, -0.2) is 0 Å². The smallest absolute Gasteiger partial charge is 0.363 e. The molecule has 0 saturated heterocycles. The van der Waals surface area contributed by atoms with Crippen LogP contribution in [0.5, 0.6) is 0 Å². The second kappa shape index (κ2) is 7.54. The summed E-state index contributed by atoms with van der Waals surface area (Å²) >= 11 is 0. The quantitative estimate of drug-likeness (QED) is 0.633. The zero-order valence-electron chi connectivity index (χ0n) is 10.9. The highest BCUT2D eigenvalue weighted by molar-refractivity contribution is 6.72. The van der Waals surface area contributed by atoms with E-state index in [2.05, 4.69) is 6.92 Å². The van der Waals surface area contributed by atoms with Crippen molar-refractivity contribution < 1.29 is 22.8 Å². The van der Waals surface area contributed by atoms with Crippen LogP contribution in [-0.4, -0.2) is 56.9 Å². The minimum atomic E-state index is -2.45. The number of hydrogen-bond donors (Lipinski definition) is 1. The third-order valence-corrected chi connectivity index (χ3v) is 10.2. The van der Waals surface area contributed by atoms with Crippen LogP contribution in [0, 0.1) is 0 Å². The molecule has 0 aromatic rings. The largest absolute Gasteiger partial charge is 0.398 e. The lowest BCUT2D eigenvalue weighted by Crippen LogP contribution is -2.48. The molecule has 0 unspecified atom stereocenters. The third kappa shape index (κ3) is 3.91. The van der Waals surface area contributed by atoms with Gasteiger partial charge in [0, 0.05) is 28.4 Å². The Kier molecular flexibility index (Phi) is 7.65. The first-order chi connectivity index (χ1) is 7.57. The molecule has 0 fully saturated rings. The number of aliphatic hydroxyl groups is 1. The predicted molar refractivity (Wildman–Crippen MR) is 66.7 cm³/mol. The molecule has 0 aromatic carbocycles. The molecule has 0 aliphatic rings. The molecule has 0 radical (unpaired) electrons. The molecule has 0 aliphatic carbocycles. The van der Waals surface area contributed by atoms with Crippen LogP contribution in [0.25, 0.3) is 0 Å². The van der Waals surface area contributed by atoms with Crippen LogP contribution < -0.4 is 0 Å². The minimum absolute atomic E-state index is 0.0401. The Labute approximate surface area is 100 Å². The molecule has 5 nitrogen and oxygen atoms in total. The fraction of sp³-hybridized carbons (Fsp3) is 1.00. The molecule has 0 aromatic heterocycles. The fourth-order valence-corrected chi connectivity index (χ4v) is 7.17. The number of aliphatic hydroxyl groups excluding tert-OH is 1. The number of hydrogen-bond acceptors (Lipinski definition) is 5. The summed E-state index contributed by atoms with van der Waals surface area (Å²) in [6.07, 6.45) is -0.0401. The summed E-state index contributed by atoms with van der Waals surface area (Å²) in [5.41, 5.74) is 0. The molecule has 0 rings (SSSR count). The molecule has 98 valence electrons. The fourth-order valence-electron chi connectivity index (χ4n) is 1.63. The van der Waals surface area contributed by atoms with Crippen molar-refractivity contribution in [2.24, 2.45) is 0 Å². The van der Waals surface area contributed by atoms with Crippen LogP contribution in [-0.2, 0) is 17.7 Å². The molecular formula is C9H24O5Si2. The highest BCUT2D eigenvalue weighted by Crippen LogP contribution is 2.24. The van der Waals surface area contributed by atoms with E-state index in [-0.39, 0.29) is 6.23 Å². The van der Waals surface area contributed by atoms with Crippen LogP contribution in [0.3, 0.4) is 0 Å². The Morgan fingerprint density at radius 1 is 0.812 bits per heavy atom. The van der Waals surface area contributed by atoms with Crippen molar-refractivity contribution in [3.63, 3.8) is 0 Å². The lowest BCUT2D eigenvalue weighted by molar-refractivity contribution is 0.194. The van der Waals surface area contributed by atoms with Crippen molar-refractivity contribution in [3.8, 4) is 0 Å². The first kappa shape index (κ1) is 16.2. The standard InChI is InChI=1S/C9H24O5Si2/c1-6-15(11-2,12-3)7-8-16(9-10,13-4)14-5/h10H,6-9H2,1-5H3. The van der Waals surface area contributed by atoms with Crippen LogP contribution in [0.15, 0.2) is 0 Å². The average molecular weight is 268 g/mol. The zero-order chi connectivity index (χ0) is 12.7. The summed E-state index contributed by atoms with van der Waals surface area (Å²) in [7, 11) is 1.97. The van der Waals surface area contributed by atoms with Gasteiger partial charge in [-0.2, -0.15) is 0 Å². The van der Waals surface area contributed by atoms with Crippen LogP contribution in [0.4, 0.5) is 0 Å². The van der Waals surface area contributed by atoms with Crippen molar-refractivity contribution >= 4 is 17.1 Å². The highest BCUT2D eigenvalue weighted by atomic mass is 28.4. The van der Waals surface area contributed by atoms with E-state index in [1.165, 1.54) is 0 Å². The summed E-state index contributed by atoms with van der Waals surface area (Å²) in [6, 6.07) is 2.35. The molecule has 7 heteroatoms. The molecule has 0 saturated carbocycles. The van der Waals surface area contributed by atoms with Crippen molar-refractivity contribution in [2.75, 3.05) is 34.7 Å². The van der Waals surface area contributed by atoms with Gasteiger partial charge >= 0.3 is 17.1 Å². The van der Waals surface area contributed by atoms with Crippen molar-refractivity contribution in [3.05, 3.63) is 0 Å². The van der Waals surface area contributed by atoms with E-state index in [4.69, 9.17) is 17.7 Å². The Morgan fingerprint density at radius 3 is 1.44 bits per heavy atom. The van der Waals surface area contributed by atoms with Crippen molar-refractivity contribution in [1.29, 1.82) is 0 Å². The second-order valence-corrected chi connectivity index (χ2v) is 10.9. The molecule has 0 heterocycles. The Morgan fingerprint density at radius 2 is 1.19 bits per heavy atom. The van der Waals surface area contributed by atoms with E-state index in [0.29, 0.717) is 6.04 Å². The molecule has 0 aliphatic heterocycles. The maximum Gasteiger partial charge on any atom is 0.363 e. The van der Waals surface area contributed by atoms with Gasteiger partial charge in [0.25, 0.3) is 0 Å². The topological polar surface area (TPSA) is 57.2 Å². The first-order valence-corrected chi connectivity index (χ1v) is 9.85. The molecule has 0 amide bonds. The van der Waals surface area contributed by atoms with Gasteiger partial charge in [-0.1, -0.05) is 6.92 Å². The van der Waals surface area contributed by atoms with Gasteiger partial charge in [0.1, 0.15) is 0 Å². The molecule has 1 N–H and O–H groups in total. The van der Waals surface area contributed by atoms with Crippen LogP contribution >= 0.6 is 0 Å². The summed E-state index contributed by atoms with van der Waals surface area (Å²) in [5.74, 6) is 0. The lowest BCUT2D eigenvalue weighted by Gasteiger charge is -2.31. The van der Waals surface area contributed by atoms with Gasteiger partial charge in [-0.05, 0) is 18.1 Å². The maximum atomic E-state index is 9.34. The average Bonchev–Trinajstić information content (AvgIpc) is 2.37. The Bertz CT molecular complexity index is 146. The second-order valence-electron chi connectivity index (χ2n) is 3.65. The first-order valence-electron chi connectivity index (χ1n) is 5.39. The molecule has 0 spiro atoms. The number of rotatable bonds is 9. The van der Waals surface area contributed by atoms with Crippen molar-refractivity contribution in [1.82, 2.24) is 0 Å². The lowest BCUT2D eigenvalue weighted by atomic mass is 10.9. The van der Waals surface area contributed by atoms with Gasteiger partial charge in [0.2, 0.25) is 0 Å². The van der Waals surface area contributed by atoms with E-state index >= 15 is 0 Å². The van der Waals surface area contributed by atoms with Crippen molar-refractivity contribution in [2.45, 2.75) is 25.1 Å². The SMILES string of the molecule is CC[Si](CC[Si](CO)(OC)OC)(OC)OC. The Balaban J connectivity index is 4.48. The normalized spacial score (nSPS) is 13.1. The van der Waals surface area contributed by atoms with Gasteiger partial charge < -0.3 is 22.8 Å². The predicted octanol–water partition coefficient (Wildman–Crippen LogP) is 1.01. The summed E-state index contributed by atoms with van der Waals surface area (Å²) < 4.78 is 21.7. The van der Waals surface area contributed by atoms with E-state index in [1.54, 1.807) is 28.4 Å². The van der Waals surface area contributed by atoms with Crippen LogP contribution in [0.2, 0.25) is 18.1 Å². The molecule has 16 heavy (non-hydrogen) atoms. The third-order valence-electron chi connectivity index (χ3n) is 3.15. The molecule has 0 bridgehead atoms. The minimum Gasteiger partial charge on any atom is -0.398 e. The van der Waals surface area contributed by atoms with Crippen LogP contribution in [0.1, 0.15) is 6.92 Å². The van der Waals surface area contributed by atoms with E-state index in [9.17, 15) is 5.11 Å². The van der Waals surface area contributed by atoms with E-state index in [1.807, 2.05) is 0 Å². The van der Waals surface area contributed by atoms with Gasteiger partial charge in [0.05, 0.1) is 6.23 Å². The molecule has 0 atom stereocenters. The monoisotopic (exact) mass is 268 g/mol. The highest BCUT2D eigenvalue weighted by Gasteiger charge is 2.41. The maximum absolute atomic E-state index is 9.34.